The number of hydrogen-bond donors (Lipinski definition) is 2. The molecule has 106 valence electrons. The minimum atomic E-state index is -0.136. The first-order chi connectivity index (χ1) is 9.08. The van der Waals surface area contributed by atoms with Crippen molar-refractivity contribution in [2.75, 3.05) is 19.7 Å². The number of aliphatic hydroxyl groups is 1. The molecule has 19 heavy (non-hydrogen) atoms. The van der Waals surface area contributed by atoms with Gasteiger partial charge in [-0.1, -0.05) is 35.0 Å². The van der Waals surface area contributed by atoms with E-state index in [4.69, 9.17) is 5.11 Å². The molecule has 0 heterocycles. The Balaban J connectivity index is 2.64. The molecule has 0 aliphatic heterocycles. The van der Waals surface area contributed by atoms with Crippen LogP contribution in [0.4, 0.5) is 4.79 Å². The standard InChI is InChI=1S/C14H21BrN2O2/c1-3-7-17(8-9-18)14(19)16-11(2)12-5-4-6-13(15)10-12/h4-6,10-11,18H,3,7-9H2,1-2H3,(H,16,19). The van der Waals surface area contributed by atoms with Crippen LogP contribution in [0.15, 0.2) is 28.7 Å². The van der Waals surface area contributed by atoms with Crippen LogP contribution in [0.25, 0.3) is 0 Å². The van der Waals surface area contributed by atoms with Crippen molar-refractivity contribution in [1.29, 1.82) is 0 Å². The predicted molar refractivity (Wildman–Crippen MR) is 80.0 cm³/mol. The highest BCUT2D eigenvalue weighted by Crippen LogP contribution is 2.18. The van der Waals surface area contributed by atoms with Gasteiger partial charge in [-0.15, -0.1) is 0 Å². The van der Waals surface area contributed by atoms with Crippen molar-refractivity contribution in [3.63, 3.8) is 0 Å². The van der Waals surface area contributed by atoms with Crippen molar-refractivity contribution >= 4 is 22.0 Å². The summed E-state index contributed by atoms with van der Waals surface area (Å²) >= 11 is 3.42. The van der Waals surface area contributed by atoms with Crippen molar-refractivity contribution in [1.82, 2.24) is 10.2 Å². The van der Waals surface area contributed by atoms with E-state index >= 15 is 0 Å². The first kappa shape index (κ1) is 16.0. The van der Waals surface area contributed by atoms with Crippen LogP contribution in [0.3, 0.4) is 0 Å². The Morgan fingerprint density at radius 1 is 1.47 bits per heavy atom. The Labute approximate surface area is 122 Å². The van der Waals surface area contributed by atoms with Gasteiger partial charge in [-0.05, 0) is 31.0 Å². The maximum atomic E-state index is 12.1. The van der Waals surface area contributed by atoms with Gasteiger partial charge in [-0.3, -0.25) is 0 Å². The Morgan fingerprint density at radius 2 is 2.21 bits per heavy atom. The topological polar surface area (TPSA) is 52.6 Å². The van der Waals surface area contributed by atoms with E-state index in [1.807, 2.05) is 38.1 Å². The normalized spacial score (nSPS) is 12.0. The molecule has 5 heteroatoms. The number of amides is 2. The summed E-state index contributed by atoms with van der Waals surface area (Å²) in [5.74, 6) is 0. The Bertz CT molecular complexity index is 406. The number of hydrogen-bond acceptors (Lipinski definition) is 2. The fourth-order valence-electron chi connectivity index (χ4n) is 1.84. The number of rotatable bonds is 6. The molecule has 0 aromatic heterocycles. The van der Waals surface area contributed by atoms with E-state index in [2.05, 4.69) is 21.2 Å². The molecule has 4 nitrogen and oxygen atoms in total. The lowest BCUT2D eigenvalue weighted by atomic mass is 10.1. The molecule has 1 aromatic carbocycles. The molecule has 0 radical (unpaired) electrons. The van der Waals surface area contributed by atoms with E-state index in [0.29, 0.717) is 13.1 Å². The molecule has 1 atom stereocenters. The van der Waals surface area contributed by atoms with Gasteiger partial charge in [0.05, 0.1) is 12.6 Å². The number of halogens is 1. The van der Waals surface area contributed by atoms with Gasteiger partial charge in [-0.25, -0.2) is 4.79 Å². The third-order valence-electron chi connectivity index (χ3n) is 2.84. The number of nitrogens with zero attached hydrogens (tertiary/aromatic N) is 1. The van der Waals surface area contributed by atoms with Crippen molar-refractivity contribution in [2.45, 2.75) is 26.3 Å². The molecule has 0 spiro atoms. The lowest BCUT2D eigenvalue weighted by Crippen LogP contribution is -2.42. The third kappa shape index (κ3) is 5.20. The molecule has 0 aliphatic rings. The van der Waals surface area contributed by atoms with Crippen LogP contribution in [-0.4, -0.2) is 35.7 Å². The van der Waals surface area contributed by atoms with Crippen LogP contribution in [0.1, 0.15) is 31.9 Å². The van der Waals surface area contributed by atoms with Gasteiger partial charge in [0.2, 0.25) is 0 Å². The van der Waals surface area contributed by atoms with Gasteiger partial charge in [-0.2, -0.15) is 0 Å². The zero-order chi connectivity index (χ0) is 14.3. The summed E-state index contributed by atoms with van der Waals surface area (Å²) in [4.78, 5) is 13.7. The van der Waals surface area contributed by atoms with Gasteiger partial charge >= 0.3 is 6.03 Å². The summed E-state index contributed by atoms with van der Waals surface area (Å²) < 4.78 is 0.992. The third-order valence-corrected chi connectivity index (χ3v) is 3.33. The Hall–Kier alpha value is -1.07. The molecule has 1 aromatic rings. The van der Waals surface area contributed by atoms with Gasteiger partial charge in [0.15, 0.2) is 0 Å². The number of benzene rings is 1. The predicted octanol–water partition coefficient (Wildman–Crippen LogP) is 2.92. The molecule has 1 rings (SSSR count). The first-order valence-corrected chi connectivity index (χ1v) is 7.29. The summed E-state index contributed by atoms with van der Waals surface area (Å²) in [5.41, 5.74) is 1.04. The zero-order valence-electron chi connectivity index (χ0n) is 11.4. The molecule has 1 unspecified atom stereocenters. The van der Waals surface area contributed by atoms with Crippen LogP contribution in [0, 0.1) is 0 Å². The van der Waals surface area contributed by atoms with Crippen molar-refractivity contribution < 1.29 is 9.90 Å². The quantitative estimate of drug-likeness (QED) is 0.843. The van der Waals surface area contributed by atoms with Gasteiger partial charge in [0.1, 0.15) is 0 Å². The molecule has 0 saturated heterocycles. The van der Waals surface area contributed by atoms with E-state index in [1.54, 1.807) is 4.90 Å². The van der Waals surface area contributed by atoms with Gasteiger partial charge < -0.3 is 15.3 Å². The lowest BCUT2D eigenvalue weighted by Gasteiger charge is -2.24. The Morgan fingerprint density at radius 3 is 2.79 bits per heavy atom. The van der Waals surface area contributed by atoms with Crippen LogP contribution in [0.5, 0.6) is 0 Å². The fraction of sp³-hybridized carbons (Fsp3) is 0.500. The number of carbonyl (C=O) groups excluding carboxylic acids is 1. The second-order valence-electron chi connectivity index (χ2n) is 4.44. The van der Waals surface area contributed by atoms with Crippen molar-refractivity contribution in [3.05, 3.63) is 34.3 Å². The number of aliphatic hydroxyl groups excluding tert-OH is 1. The van der Waals surface area contributed by atoms with Crippen LogP contribution in [-0.2, 0) is 0 Å². The smallest absolute Gasteiger partial charge is 0.317 e. The van der Waals surface area contributed by atoms with E-state index < -0.39 is 0 Å². The van der Waals surface area contributed by atoms with E-state index in [-0.39, 0.29) is 18.7 Å². The fourth-order valence-corrected chi connectivity index (χ4v) is 2.26. The average molecular weight is 329 g/mol. The molecule has 0 bridgehead atoms. The summed E-state index contributed by atoms with van der Waals surface area (Å²) in [6.45, 7) is 4.96. The highest BCUT2D eigenvalue weighted by atomic mass is 79.9. The summed E-state index contributed by atoms with van der Waals surface area (Å²) in [6, 6.07) is 7.66. The summed E-state index contributed by atoms with van der Waals surface area (Å²) in [7, 11) is 0. The summed E-state index contributed by atoms with van der Waals surface area (Å²) in [6.07, 6.45) is 0.874. The van der Waals surface area contributed by atoms with Crippen LogP contribution >= 0.6 is 15.9 Å². The highest BCUT2D eigenvalue weighted by molar-refractivity contribution is 9.10. The SMILES string of the molecule is CCCN(CCO)C(=O)NC(C)c1cccc(Br)c1. The molecular formula is C14H21BrN2O2. The molecule has 2 amide bonds. The monoisotopic (exact) mass is 328 g/mol. The van der Waals surface area contributed by atoms with E-state index in [0.717, 1.165) is 16.5 Å². The van der Waals surface area contributed by atoms with Crippen LogP contribution < -0.4 is 5.32 Å². The number of urea groups is 1. The number of carbonyl (C=O) groups is 1. The van der Waals surface area contributed by atoms with Gasteiger partial charge in [0, 0.05) is 17.6 Å². The average Bonchev–Trinajstić information content (AvgIpc) is 2.38. The lowest BCUT2D eigenvalue weighted by molar-refractivity contribution is 0.174. The molecule has 0 fully saturated rings. The van der Waals surface area contributed by atoms with Crippen LogP contribution in [0.2, 0.25) is 0 Å². The maximum Gasteiger partial charge on any atom is 0.317 e. The largest absolute Gasteiger partial charge is 0.395 e. The highest BCUT2D eigenvalue weighted by Gasteiger charge is 2.15. The minimum absolute atomic E-state index is 0.0152. The van der Waals surface area contributed by atoms with Crippen molar-refractivity contribution in [2.24, 2.45) is 0 Å². The molecule has 0 saturated carbocycles. The number of nitrogens with one attached hydrogen (secondary N) is 1. The summed E-state index contributed by atoms with van der Waals surface area (Å²) in [5, 5.41) is 11.9. The molecule has 0 aliphatic carbocycles. The Kier molecular flexibility index (Phi) is 6.87. The molecular weight excluding hydrogens is 308 g/mol. The molecule has 2 N–H and O–H groups in total. The minimum Gasteiger partial charge on any atom is -0.395 e. The van der Waals surface area contributed by atoms with Crippen molar-refractivity contribution in [3.8, 4) is 0 Å². The second kappa shape index (κ2) is 8.17. The van der Waals surface area contributed by atoms with E-state index in [1.165, 1.54) is 0 Å². The second-order valence-corrected chi connectivity index (χ2v) is 5.35. The first-order valence-electron chi connectivity index (χ1n) is 6.50. The zero-order valence-corrected chi connectivity index (χ0v) is 13.0. The van der Waals surface area contributed by atoms with E-state index in [9.17, 15) is 4.79 Å². The maximum absolute atomic E-state index is 12.1. The van der Waals surface area contributed by atoms with Gasteiger partial charge in [0.25, 0.3) is 0 Å².